The van der Waals surface area contributed by atoms with Crippen LogP contribution in [0, 0.1) is 0 Å². The van der Waals surface area contributed by atoms with Gasteiger partial charge in [-0.3, -0.25) is 9.89 Å². The van der Waals surface area contributed by atoms with Gasteiger partial charge in [-0.1, -0.05) is 20.8 Å². The lowest BCUT2D eigenvalue weighted by Gasteiger charge is -2.16. The second-order valence-corrected chi connectivity index (χ2v) is 4.51. The van der Waals surface area contributed by atoms with Crippen LogP contribution in [0.3, 0.4) is 0 Å². The summed E-state index contributed by atoms with van der Waals surface area (Å²) in [4.78, 5) is 11.4. The maximum Gasteiger partial charge on any atom is 0.292 e. The molecule has 2 heterocycles. The molecule has 0 fully saturated rings. The molecule has 0 aliphatic heterocycles. The predicted molar refractivity (Wildman–Crippen MR) is 57.6 cm³/mol. The summed E-state index contributed by atoms with van der Waals surface area (Å²) in [5.41, 5.74) is 6.38. The molecule has 0 aliphatic rings. The molecule has 80 valence electrons. The van der Waals surface area contributed by atoms with E-state index in [1.165, 1.54) is 0 Å². The topological polar surface area (TPSA) is 100 Å². The Morgan fingerprint density at radius 3 is 2.47 bits per heavy atom. The van der Waals surface area contributed by atoms with E-state index in [4.69, 9.17) is 5.73 Å². The maximum atomic E-state index is 11.4. The number of nitrogens with two attached hydrogens (primary N) is 1. The minimum absolute atomic E-state index is 0.154. The molecule has 6 heteroatoms. The van der Waals surface area contributed by atoms with Crippen LogP contribution >= 0.6 is 0 Å². The molecule has 0 spiro atoms. The van der Waals surface area contributed by atoms with Crippen molar-refractivity contribution in [3.05, 3.63) is 16.0 Å². The van der Waals surface area contributed by atoms with E-state index in [1.807, 2.05) is 20.8 Å². The summed E-state index contributed by atoms with van der Waals surface area (Å²) in [6.07, 6.45) is 0. The number of nitrogens with zero attached hydrogens (tertiary/aromatic N) is 2. The van der Waals surface area contributed by atoms with Crippen LogP contribution in [0.5, 0.6) is 0 Å². The van der Waals surface area contributed by atoms with Crippen molar-refractivity contribution in [1.82, 2.24) is 20.4 Å². The van der Waals surface area contributed by atoms with E-state index in [-0.39, 0.29) is 11.0 Å². The summed E-state index contributed by atoms with van der Waals surface area (Å²) < 4.78 is 0. The van der Waals surface area contributed by atoms with E-state index in [2.05, 4.69) is 20.4 Å². The largest absolute Gasteiger partial charge is 0.382 e. The van der Waals surface area contributed by atoms with E-state index in [0.29, 0.717) is 16.7 Å². The van der Waals surface area contributed by atoms with Crippen molar-refractivity contribution in [3.63, 3.8) is 0 Å². The molecule has 0 bridgehead atoms. The Kier molecular flexibility index (Phi) is 1.82. The van der Waals surface area contributed by atoms with Gasteiger partial charge in [0.1, 0.15) is 0 Å². The lowest BCUT2D eigenvalue weighted by molar-refractivity contribution is 0.571. The highest BCUT2D eigenvalue weighted by molar-refractivity contribution is 5.90. The molecular formula is C9H13N5O. The molecule has 0 aromatic carbocycles. The average molecular weight is 207 g/mol. The van der Waals surface area contributed by atoms with Gasteiger partial charge >= 0.3 is 0 Å². The SMILES string of the molecule is CC(C)(C)c1[nH]nc2c(=O)[nH]nc(N)c12. The minimum Gasteiger partial charge on any atom is -0.382 e. The molecule has 0 radical (unpaired) electrons. The number of hydrogen-bond acceptors (Lipinski definition) is 4. The van der Waals surface area contributed by atoms with Crippen molar-refractivity contribution in [1.29, 1.82) is 0 Å². The lowest BCUT2D eigenvalue weighted by Crippen LogP contribution is -2.15. The first-order chi connectivity index (χ1) is 6.91. The highest BCUT2D eigenvalue weighted by Crippen LogP contribution is 2.28. The fourth-order valence-corrected chi connectivity index (χ4v) is 1.52. The second kappa shape index (κ2) is 2.82. The van der Waals surface area contributed by atoms with Gasteiger partial charge in [-0.15, -0.1) is 0 Å². The summed E-state index contributed by atoms with van der Waals surface area (Å²) in [5, 5.41) is 13.4. The molecule has 6 nitrogen and oxygen atoms in total. The van der Waals surface area contributed by atoms with Crippen LogP contribution in [-0.4, -0.2) is 20.4 Å². The van der Waals surface area contributed by atoms with Crippen LogP contribution in [0.25, 0.3) is 10.9 Å². The van der Waals surface area contributed by atoms with E-state index >= 15 is 0 Å². The van der Waals surface area contributed by atoms with Crippen LogP contribution in [-0.2, 0) is 5.41 Å². The van der Waals surface area contributed by atoms with Gasteiger partial charge in [0.05, 0.1) is 11.1 Å². The van der Waals surface area contributed by atoms with Gasteiger partial charge in [0.25, 0.3) is 5.56 Å². The first kappa shape index (κ1) is 9.70. The number of rotatable bonds is 0. The molecule has 0 unspecified atom stereocenters. The number of aromatic amines is 2. The zero-order valence-corrected chi connectivity index (χ0v) is 8.88. The highest BCUT2D eigenvalue weighted by Gasteiger charge is 2.22. The van der Waals surface area contributed by atoms with Gasteiger partial charge in [0.15, 0.2) is 11.3 Å². The third-order valence-electron chi connectivity index (χ3n) is 2.27. The Morgan fingerprint density at radius 1 is 1.20 bits per heavy atom. The summed E-state index contributed by atoms with van der Waals surface area (Å²) >= 11 is 0. The Balaban J connectivity index is 2.92. The molecule has 2 aromatic rings. The number of nitrogen functional groups attached to an aromatic ring is 1. The van der Waals surface area contributed by atoms with Gasteiger partial charge in [0.2, 0.25) is 0 Å². The van der Waals surface area contributed by atoms with Crippen LogP contribution in [0.4, 0.5) is 5.82 Å². The second-order valence-electron chi connectivity index (χ2n) is 4.51. The van der Waals surface area contributed by atoms with Crippen molar-refractivity contribution in [2.75, 3.05) is 5.73 Å². The van der Waals surface area contributed by atoms with Gasteiger partial charge in [-0.05, 0) is 0 Å². The zero-order chi connectivity index (χ0) is 11.2. The third-order valence-corrected chi connectivity index (χ3v) is 2.27. The molecule has 4 N–H and O–H groups in total. The minimum atomic E-state index is -0.328. The van der Waals surface area contributed by atoms with Crippen molar-refractivity contribution >= 4 is 16.7 Å². The van der Waals surface area contributed by atoms with E-state index in [9.17, 15) is 4.79 Å². The molecule has 0 saturated heterocycles. The Bertz CT molecular complexity index is 560. The normalized spacial score (nSPS) is 12.2. The smallest absolute Gasteiger partial charge is 0.292 e. The van der Waals surface area contributed by atoms with Gasteiger partial charge in [0, 0.05) is 5.41 Å². The van der Waals surface area contributed by atoms with Crippen LogP contribution < -0.4 is 11.3 Å². The fourth-order valence-electron chi connectivity index (χ4n) is 1.52. The Labute approximate surface area is 85.9 Å². The molecule has 2 rings (SSSR count). The quantitative estimate of drug-likeness (QED) is 0.586. The Morgan fingerprint density at radius 2 is 1.87 bits per heavy atom. The van der Waals surface area contributed by atoms with Crippen molar-refractivity contribution in [2.24, 2.45) is 0 Å². The summed E-state index contributed by atoms with van der Waals surface area (Å²) in [6, 6.07) is 0. The van der Waals surface area contributed by atoms with E-state index < -0.39 is 0 Å². The van der Waals surface area contributed by atoms with Gasteiger partial charge in [-0.2, -0.15) is 10.2 Å². The zero-order valence-electron chi connectivity index (χ0n) is 8.88. The lowest BCUT2D eigenvalue weighted by atomic mass is 9.90. The predicted octanol–water partition coefficient (Wildman–Crippen LogP) is 0.526. The number of hydrogen-bond donors (Lipinski definition) is 3. The van der Waals surface area contributed by atoms with E-state index in [1.54, 1.807) is 0 Å². The average Bonchev–Trinajstić information content (AvgIpc) is 2.55. The maximum absolute atomic E-state index is 11.4. The summed E-state index contributed by atoms with van der Waals surface area (Å²) in [5.74, 6) is 0.295. The third kappa shape index (κ3) is 1.38. The van der Waals surface area contributed by atoms with Crippen molar-refractivity contribution in [3.8, 4) is 0 Å². The number of anilines is 1. The molecule has 0 atom stereocenters. The van der Waals surface area contributed by atoms with Gasteiger partial charge < -0.3 is 5.73 Å². The summed E-state index contributed by atoms with van der Waals surface area (Å²) in [6.45, 7) is 6.04. The molecular weight excluding hydrogens is 194 g/mol. The van der Waals surface area contributed by atoms with E-state index in [0.717, 1.165) is 5.69 Å². The standard InChI is InChI=1S/C9H13N5O/c1-9(2,3)6-4-5(11-12-6)8(15)14-13-7(4)10/h1-3H3,(H2,10,13)(H,11,12)(H,14,15). The number of aromatic nitrogens is 4. The monoisotopic (exact) mass is 207 g/mol. The van der Waals surface area contributed by atoms with Crippen LogP contribution in [0.2, 0.25) is 0 Å². The highest BCUT2D eigenvalue weighted by atomic mass is 16.1. The van der Waals surface area contributed by atoms with Crippen LogP contribution in [0.15, 0.2) is 4.79 Å². The number of nitrogens with one attached hydrogen (secondary N) is 2. The first-order valence-corrected chi connectivity index (χ1v) is 4.64. The molecule has 0 saturated carbocycles. The first-order valence-electron chi connectivity index (χ1n) is 4.64. The Hall–Kier alpha value is -1.85. The molecule has 2 aromatic heterocycles. The number of fused-ring (bicyclic) bond motifs is 1. The molecule has 15 heavy (non-hydrogen) atoms. The van der Waals surface area contributed by atoms with Crippen molar-refractivity contribution in [2.45, 2.75) is 26.2 Å². The number of H-pyrrole nitrogens is 2. The van der Waals surface area contributed by atoms with Crippen molar-refractivity contribution < 1.29 is 0 Å². The molecule has 0 amide bonds. The fraction of sp³-hybridized carbons (Fsp3) is 0.444. The van der Waals surface area contributed by atoms with Crippen LogP contribution in [0.1, 0.15) is 26.5 Å². The summed E-state index contributed by atoms with van der Waals surface area (Å²) in [7, 11) is 0. The van der Waals surface area contributed by atoms with Gasteiger partial charge in [-0.25, -0.2) is 5.10 Å². The molecule has 0 aliphatic carbocycles.